The van der Waals surface area contributed by atoms with E-state index in [0.717, 1.165) is 18.3 Å². The summed E-state index contributed by atoms with van der Waals surface area (Å²) in [5, 5.41) is 9.56. The highest BCUT2D eigenvalue weighted by Gasteiger charge is 2.67. The van der Waals surface area contributed by atoms with Crippen LogP contribution in [0, 0.1) is 51.2 Å². The minimum absolute atomic E-state index is 0.0354. The lowest BCUT2D eigenvalue weighted by Crippen LogP contribution is -2.64. The first-order chi connectivity index (χ1) is 14.8. The van der Waals surface area contributed by atoms with E-state index in [1.807, 2.05) is 0 Å². The Kier molecular flexibility index (Phi) is 5.83. The second kappa shape index (κ2) is 7.74. The molecular formula is C30H48O2. The summed E-state index contributed by atoms with van der Waals surface area (Å²) in [5.74, 6) is 2.52. The van der Waals surface area contributed by atoms with Gasteiger partial charge in [-0.3, -0.25) is 4.79 Å². The van der Waals surface area contributed by atoms with Crippen molar-refractivity contribution >= 4 is 5.97 Å². The zero-order valence-corrected chi connectivity index (χ0v) is 21.7. The highest BCUT2D eigenvalue weighted by molar-refractivity contribution is 5.66. The predicted molar refractivity (Wildman–Crippen MR) is 133 cm³/mol. The molecule has 4 aliphatic rings. The molecule has 0 aromatic rings. The molecule has 1 unspecified atom stereocenters. The van der Waals surface area contributed by atoms with E-state index in [2.05, 4.69) is 54.7 Å². The maximum Gasteiger partial charge on any atom is 0.303 e. The van der Waals surface area contributed by atoms with Crippen LogP contribution >= 0.6 is 0 Å². The van der Waals surface area contributed by atoms with Crippen LogP contribution in [0.25, 0.3) is 0 Å². The van der Waals surface area contributed by atoms with Crippen LogP contribution in [0.5, 0.6) is 0 Å². The minimum atomic E-state index is -0.651. The number of aliphatic carboxylic acids is 1. The van der Waals surface area contributed by atoms with Crippen molar-refractivity contribution in [2.45, 2.75) is 106 Å². The average Bonchev–Trinajstić information content (AvgIpc) is 2.70. The fourth-order valence-corrected chi connectivity index (χ4v) is 10.3. The molecule has 0 aliphatic heterocycles. The lowest BCUT2D eigenvalue weighted by atomic mass is 9.33. The van der Waals surface area contributed by atoms with Gasteiger partial charge in [-0.25, -0.2) is 0 Å². The third-order valence-electron chi connectivity index (χ3n) is 12.3. The number of carboxylic acids is 1. The van der Waals surface area contributed by atoms with E-state index < -0.39 is 5.97 Å². The summed E-state index contributed by atoms with van der Waals surface area (Å²) >= 11 is 0. The van der Waals surface area contributed by atoms with Crippen LogP contribution in [-0.4, -0.2) is 11.1 Å². The van der Waals surface area contributed by atoms with Gasteiger partial charge in [0.2, 0.25) is 0 Å². The average molecular weight is 441 g/mol. The van der Waals surface area contributed by atoms with Crippen molar-refractivity contribution in [2.24, 2.45) is 51.2 Å². The molecule has 0 amide bonds. The zero-order valence-electron chi connectivity index (χ0n) is 21.7. The molecule has 1 N–H and O–H groups in total. The lowest BCUT2D eigenvalue weighted by molar-refractivity contribution is -0.223. The van der Waals surface area contributed by atoms with E-state index >= 15 is 0 Å². The normalized spacial score (nSPS) is 50.7. The van der Waals surface area contributed by atoms with Crippen LogP contribution in [0.2, 0.25) is 0 Å². The smallest absolute Gasteiger partial charge is 0.303 e. The molecule has 180 valence electrons. The largest absolute Gasteiger partial charge is 0.481 e. The molecule has 0 aromatic carbocycles. The molecule has 0 heterocycles. The van der Waals surface area contributed by atoms with E-state index in [-0.39, 0.29) is 17.3 Å². The Balaban J connectivity index is 1.75. The second-order valence-electron chi connectivity index (χ2n) is 13.5. The summed E-state index contributed by atoms with van der Waals surface area (Å²) in [4.78, 5) is 11.6. The molecule has 9 atom stereocenters. The Morgan fingerprint density at radius 1 is 1.03 bits per heavy atom. The van der Waals surface area contributed by atoms with Crippen LogP contribution in [0.15, 0.2) is 24.3 Å². The third kappa shape index (κ3) is 3.21. The van der Waals surface area contributed by atoms with E-state index in [0.29, 0.717) is 28.6 Å². The SMILES string of the molecule is C=C(C)C1CC[C@]2(C)[C@H](CC[C@@H]3[C@@H]4[C@@H](C)C(=C)CC[C@]4(C)CC[C@]32C)[C@@]1(C)CCC(=O)O. The van der Waals surface area contributed by atoms with Gasteiger partial charge in [0.15, 0.2) is 0 Å². The van der Waals surface area contributed by atoms with E-state index in [9.17, 15) is 9.90 Å². The standard InChI is InChI=1S/C30H48O2/c1-19(2)22-12-16-30(8)24(28(22,6)15-13-25(31)32)10-9-23-26-21(4)20(3)11-14-27(26,5)17-18-29(23,30)7/h21-24,26H,1,3,9-18H2,2,4-8H3,(H,31,32)/t21-,22?,23+,24+,26-,27+,28-,29+,30+/m0/s1. The van der Waals surface area contributed by atoms with Gasteiger partial charge in [0.1, 0.15) is 0 Å². The van der Waals surface area contributed by atoms with Gasteiger partial charge in [0, 0.05) is 6.42 Å². The molecule has 4 aliphatic carbocycles. The van der Waals surface area contributed by atoms with Gasteiger partial charge in [-0.05, 0) is 116 Å². The zero-order chi connectivity index (χ0) is 23.7. The Bertz CT molecular complexity index is 812. The summed E-state index contributed by atoms with van der Waals surface area (Å²) in [6, 6.07) is 0. The molecule has 4 saturated carbocycles. The highest BCUT2D eigenvalue weighted by atomic mass is 16.4. The molecule has 0 aromatic heterocycles. The molecule has 4 fully saturated rings. The van der Waals surface area contributed by atoms with Crippen molar-refractivity contribution in [3.8, 4) is 0 Å². The van der Waals surface area contributed by atoms with Gasteiger partial charge >= 0.3 is 5.97 Å². The van der Waals surface area contributed by atoms with Gasteiger partial charge in [-0.2, -0.15) is 0 Å². The van der Waals surface area contributed by atoms with Gasteiger partial charge in [-0.1, -0.05) is 58.9 Å². The fourth-order valence-electron chi connectivity index (χ4n) is 10.3. The van der Waals surface area contributed by atoms with Gasteiger partial charge in [0.25, 0.3) is 0 Å². The Hall–Kier alpha value is -1.05. The molecule has 32 heavy (non-hydrogen) atoms. The minimum Gasteiger partial charge on any atom is -0.481 e. The van der Waals surface area contributed by atoms with Gasteiger partial charge in [0.05, 0.1) is 0 Å². The van der Waals surface area contributed by atoms with Crippen molar-refractivity contribution in [1.29, 1.82) is 0 Å². The number of carboxylic acid groups (broad SMARTS) is 1. The first kappa shape index (κ1) is 24.1. The monoisotopic (exact) mass is 440 g/mol. The van der Waals surface area contributed by atoms with Crippen molar-refractivity contribution in [2.75, 3.05) is 0 Å². The van der Waals surface area contributed by atoms with Crippen molar-refractivity contribution in [1.82, 2.24) is 0 Å². The number of hydrogen-bond donors (Lipinski definition) is 1. The van der Waals surface area contributed by atoms with Crippen LogP contribution in [0.3, 0.4) is 0 Å². The predicted octanol–water partition coefficient (Wildman–Crippen LogP) is 8.28. The molecule has 0 saturated heterocycles. The van der Waals surface area contributed by atoms with E-state index in [1.54, 1.807) is 0 Å². The second-order valence-corrected chi connectivity index (χ2v) is 13.5. The summed E-state index contributed by atoms with van der Waals surface area (Å²) in [6.07, 6.45) is 11.3. The topological polar surface area (TPSA) is 37.3 Å². The third-order valence-corrected chi connectivity index (χ3v) is 12.3. The van der Waals surface area contributed by atoms with E-state index in [4.69, 9.17) is 0 Å². The van der Waals surface area contributed by atoms with Crippen LogP contribution in [0.4, 0.5) is 0 Å². The summed E-state index contributed by atoms with van der Waals surface area (Å²) in [7, 11) is 0. The van der Waals surface area contributed by atoms with Crippen LogP contribution in [-0.2, 0) is 4.79 Å². The number of hydrogen-bond acceptors (Lipinski definition) is 1. The number of rotatable bonds is 4. The quantitative estimate of drug-likeness (QED) is 0.446. The Labute approximate surface area is 197 Å². The van der Waals surface area contributed by atoms with Gasteiger partial charge in [-0.15, -0.1) is 0 Å². The molecule has 0 spiro atoms. The Morgan fingerprint density at radius 2 is 1.72 bits per heavy atom. The lowest BCUT2D eigenvalue weighted by Gasteiger charge is -2.72. The molecule has 2 heteroatoms. The molecule has 0 bridgehead atoms. The molecule has 2 nitrogen and oxygen atoms in total. The maximum atomic E-state index is 11.6. The first-order valence-electron chi connectivity index (χ1n) is 13.3. The number of allylic oxidation sites excluding steroid dienone is 2. The van der Waals surface area contributed by atoms with Crippen molar-refractivity contribution in [3.63, 3.8) is 0 Å². The van der Waals surface area contributed by atoms with Gasteiger partial charge < -0.3 is 5.11 Å². The number of fused-ring (bicyclic) bond motifs is 5. The van der Waals surface area contributed by atoms with E-state index in [1.165, 1.54) is 62.5 Å². The molecule has 0 radical (unpaired) electrons. The maximum absolute atomic E-state index is 11.6. The Morgan fingerprint density at radius 3 is 2.34 bits per heavy atom. The number of carbonyl (C=O) groups is 1. The van der Waals surface area contributed by atoms with Crippen LogP contribution < -0.4 is 0 Å². The first-order valence-corrected chi connectivity index (χ1v) is 13.3. The summed E-state index contributed by atoms with van der Waals surface area (Å²) in [5.41, 5.74) is 3.86. The molecular weight excluding hydrogens is 392 g/mol. The fraction of sp³-hybridized carbons (Fsp3) is 0.833. The van der Waals surface area contributed by atoms with Crippen LogP contribution in [0.1, 0.15) is 106 Å². The van der Waals surface area contributed by atoms with Crippen molar-refractivity contribution in [3.05, 3.63) is 24.3 Å². The summed E-state index contributed by atoms with van der Waals surface area (Å²) < 4.78 is 0. The highest BCUT2D eigenvalue weighted by Crippen LogP contribution is 2.75. The molecule has 4 rings (SSSR count). The summed E-state index contributed by atoms with van der Waals surface area (Å²) in [6.45, 7) is 23.8. The van der Waals surface area contributed by atoms with Crippen molar-refractivity contribution < 1.29 is 9.90 Å².